The van der Waals surface area contributed by atoms with Gasteiger partial charge in [-0.05, 0) is 109 Å². The van der Waals surface area contributed by atoms with Crippen molar-refractivity contribution in [3.8, 4) is 0 Å². The van der Waals surface area contributed by atoms with Gasteiger partial charge in [0, 0.05) is 19.3 Å². The molecule has 0 aromatic rings. The molecule has 6 heteroatoms. The van der Waals surface area contributed by atoms with Crippen molar-refractivity contribution in [1.29, 1.82) is 0 Å². The van der Waals surface area contributed by atoms with Crippen LogP contribution in [0.1, 0.15) is 329 Å². The van der Waals surface area contributed by atoms with E-state index in [-0.39, 0.29) is 31.1 Å². The molecule has 0 N–H and O–H groups in total. The van der Waals surface area contributed by atoms with E-state index >= 15 is 0 Å². The quantitative estimate of drug-likeness (QED) is 0.0261. The van der Waals surface area contributed by atoms with E-state index in [2.05, 4.69) is 93.7 Å². The Morgan fingerprint density at radius 2 is 0.520 bits per heavy atom. The summed E-state index contributed by atoms with van der Waals surface area (Å²) in [4.78, 5) is 38.4. The third kappa shape index (κ3) is 61.6. The van der Waals surface area contributed by atoms with Crippen LogP contribution in [-0.4, -0.2) is 37.2 Å². The summed E-state index contributed by atoms with van der Waals surface area (Å²) in [7, 11) is 0. The average molecular weight is 1050 g/mol. The van der Waals surface area contributed by atoms with Gasteiger partial charge in [0.15, 0.2) is 6.10 Å². The summed E-state index contributed by atoms with van der Waals surface area (Å²) in [6, 6.07) is 0. The maximum atomic E-state index is 12.9. The molecule has 0 aliphatic rings. The monoisotopic (exact) mass is 1050 g/mol. The Balaban J connectivity index is 4.39. The van der Waals surface area contributed by atoms with Gasteiger partial charge in [-0.2, -0.15) is 0 Å². The minimum Gasteiger partial charge on any atom is -0.462 e. The molecule has 0 spiro atoms. The maximum absolute atomic E-state index is 12.9. The fourth-order valence-corrected chi connectivity index (χ4v) is 9.31. The Labute approximate surface area is 465 Å². The molecular formula is C69H122O6. The van der Waals surface area contributed by atoms with Crippen LogP contribution in [0.15, 0.2) is 72.9 Å². The average Bonchev–Trinajstić information content (AvgIpc) is 3.41. The van der Waals surface area contributed by atoms with Crippen molar-refractivity contribution in [3.63, 3.8) is 0 Å². The van der Waals surface area contributed by atoms with Gasteiger partial charge in [-0.3, -0.25) is 14.4 Å². The molecular weight excluding hydrogens is 925 g/mol. The summed E-state index contributed by atoms with van der Waals surface area (Å²) in [5.41, 5.74) is 0. The number of unbranched alkanes of at least 4 members (excludes halogenated alkanes) is 36. The summed E-state index contributed by atoms with van der Waals surface area (Å²) in [5, 5.41) is 0. The van der Waals surface area contributed by atoms with Crippen LogP contribution in [0.5, 0.6) is 0 Å². The van der Waals surface area contributed by atoms with E-state index < -0.39 is 6.10 Å². The van der Waals surface area contributed by atoms with E-state index in [1.807, 2.05) is 0 Å². The van der Waals surface area contributed by atoms with Crippen LogP contribution in [-0.2, 0) is 28.6 Å². The lowest BCUT2D eigenvalue weighted by molar-refractivity contribution is -0.167. The molecule has 0 radical (unpaired) electrons. The van der Waals surface area contributed by atoms with Gasteiger partial charge >= 0.3 is 17.9 Å². The fourth-order valence-electron chi connectivity index (χ4n) is 9.31. The highest BCUT2D eigenvalue weighted by molar-refractivity contribution is 5.71. The van der Waals surface area contributed by atoms with Crippen LogP contribution in [0.2, 0.25) is 0 Å². The fraction of sp³-hybridized carbons (Fsp3) is 0.783. The van der Waals surface area contributed by atoms with Gasteiger partial charge in [0.2, 0.25) is 0 Å². The molecule has 1 atom stereocenters. The van der Waals surface area contributed by atoms with Gasteiger partial charge in [-0.15, -0.1) is 0 Å². The van der Waals surface area contributed by atoms with E-state index in [1.54, 1.807) is 0 Å². The van der Waals surface area contributed by atoms with Crippen LogP contribution in [0.3, 0.4) is 0 Å². The van der Waals surface area contributed by atoms with Crippen molar-refractivity contribution >= 4 is 17.9 Å². The number of rotatable bonds is 59. The van der Waals surface area contributed by atoms with Crippen LogP contribution in [0, 0.1) is 0 Å². The molecule has 0 aromatic carbocycles. The zero-order chi connectivity index (χ0) is 54.3. The van der Waals surface area contributed by atoms with Crippen LogP contribution >= 0.6 is 0 Å². The van der Waals surface area contributed by atoms with E-state index in [0.29, 0.717) is 19.3 Å². The molecule has 0 aliphatic carbocycles. The van der Waals surface area contributed by atoms with Gasteiger partial charge in [0.05, 0.1) is 0 Å². The van der Waals surface area contributed by atoms with Crippen LogP contribution in [0.4, 0.5) is 0 Å². The van der Waals surface area contributed by atoms with Crippen molar-refractivity contribution in [2.75, 3.05) is 13.2 Å². The molecule has 0 aliphatic heterocycles. The Bertz CT molecular complexity index is 1390. The van der Waals surface area contributed by atoms with E-state index in [4.69, 9.17) is 14.2 Å². The number of hydrogen-bond donors (Lipinski definition) is 0. The topological polar surface area (TPSA) is 78.9 Å². The Kier molecular flexibility index (Phi) is 60.7. The van der Waals surface area contributed by atoms with E-state index in [0.717, 1.165) is 89.9 Å². The van der Waals surface area contributed by atoms with Gasteiger partial charge in [-0.1, -0.05) is 273 Å². The second-order valence-corrected chi connectivity index (χ2v) is 21.6. The number of allylic oxidation sites excluding steroid dienone is 12. The summed E-state index contributed by atoms with van der Waals surface area (Å²) >= 11 is 0. The number of carbonyl (C=O) groups excluding carboxylic acids is 3. The normalized spacial score (nSPS) is 12.5. The maximum Gasteiger partial charge on any atom is 0.306 e. The number of ether oxygens (including phenoxy) is 3. The predicted molar refractivity (Wildman–Crippen MR) is 325 cm³/mol. The van der Waals surface area contributed by atoms with Gasteiger partial charge < -0.3 is 14.2 Å². The molecule has 6 nitrogen and oxygen atoms in total. The predicted octanol–water partition coefficient (Wildman–Crippen LogP) is 22.1. The molecule has 0 amide bonds. The SMILES string of the molecule is CC/C=C\C/C=C\C/C=C\C/C=C\CCCCCCCCC(=O)OCC(COC(=O)CCCCCCCCCCC/C=C\CCCCCCCC)OC(=O)CCCCCCCCCCC/C=C\CCCCCCCC. The largest absolute Gasteiger partial charge is 0.462 e. The molecule has 0 heterocycles. The van der Waals surface area contributed by atoms with Gasteiger partial charge in [0.1, 0.15) is 13.2 Å². The summed E-state index contributed by atoms with van der Waals surface area (Å²) < 4.78 is 17.0. The molecule has 0 saturated heterocycles. The second kappa shape index (κ2) is 63.4. The standard InChI is InChI=1S/C69H122O6/c1-4-7-10-13-16-19-22-25-28-31-34-37-40-43-46-49-52-55-58-61-67(70)73-64-66(75-69(72)63-60-57-54-51-48-45-42-39-36-33-30-27-24-21-18-15-12-9-6-3)65-74-68(71)62-59-56-53-50-47-44-41-38-35-32-29-26-23-20-17-14-11-8-5-2/h7,10,16,19,25-30,34,37,66H,4-6,8-9,11-15,17-18,20-24,31-33,35-36,38-65H2,1-3H3/b10-7-,19-16-,28-25-,29-26-,30-27-,37-34-. The van der Waals surface area contributed by atoms with E-state index in [9.17, 15) is 14.4 Å². The third-order valence-electron chi connectivity index (χ3n) is 14.2. The molecule has 0 fully saturated rings. The summed E-state index contributed by atoms with van der Waals surface area (Å²) in [5.74, 6) is -0.883. The Morgan fingerprint density at radius 3 is 0.827 bits per heavy atom. The first-order chi connectivity index (χ1) is 37.0. The highest BCUT2D eigenvalue weighted by Gasteiger charge is 2.19. The Hall–Kier alpha value is -3.15. The molecule has 0 bridgehead atoms. The lowest BCUT2D eigenvalue weighted by Gasteiger charge is -2.18. The molecule has 75 heavy (non-hydrogen) atoms. The minimum atomic E-state index is -0.785. The lowest BCUT2D eigenvalue weighted by Crippen LogP contribution is -2.30. The van der Waals surface area contributed by atoms with Crippen molar-refractivity contribution in [3.05, 3.63) is 72.9 Å². The number of carbonyl (C=O) groups is 3. The Morgan fingerprint density at radius 1 is 0.280 bits per heavy atom. The minimum absolute atomic E-state index is 0.0802. The van der Waals surface area contributed by atoms with Gasteiger partial charge in [0.25, 0.3) is 0 Å². The highest BCUT2D eigenvalue weighted by atomic mass is 16.6. The zero-order valence-electron chi connectivity index (χ0n) is 49.8. The summed E-state index contributed by atoms with van der Waals surface area (Å²) in [6.07, 6.45) is 81.8. The van der Waals surface area contributed by atoms with Crippen molar-refractivity contribution < 1.29 is 28.6 Å². The van der Waals surface area contributed by atoms with Gasteiger partial charge in [-0.25, -0.2) is 0 Å². The van der Waals surface area contributed by atoms with Crippen LogP contribution < -0.4 is 0 Å². The van der Waals surface area contributed by atoms with Crippen molar-refractivity contribution in [2.45, 2.75) is 335 Å². The highest BCUT2D eigenvalue weighted by Crippen LogP contribution is 2.16. The first-order valence-electron chi connectivity index (χ1n) is 32.4. The number of esters is 3. The van der Waals surface area contributed by atoms with E-state index in [1.165, 1.54) is 199 Å². The molecule has 0 saturated carbocycles. The summed E-state index contributed by atoms with van der Waals surface area (Å²) in [6.45, 7) is 6.55. The second-order valence-electron chi connectivity index (χ2n) is 21.6. The number of hydrogen-bond acceptors (Lipinski definition) is 6. The molecule has 1 unspecified atom stereocenters. The molecule has 434 valence electrons. The first kappa shape index (κ1) is 71.8. The zero-order valence-corrected chi connectivity index (χ0v) is 49.8. The third-order valence-corrected chi connectivity index (χ3v) is 14.2. The van der Waals surface area contributed by atoms with Crippen molar-refractivity contribution in [2.24, 2.45) is 0 Å². The molecule has 0 aromatic heterocycles. The smallest absolute Gasteiger partial charge is 0.306 e. The lowest BCUT2D eigenvalue weighted by atomic mass is 10.1. The first-order valence-corrected chi connectivity index (χ1v) is 32.4. The van der Waals surface area contributed by atoms with Crippen LogP contribution in [0.25, 0.3) is 0 Å². The van der Waals surface area contributed by atoms with Crippen molar-refractivity contribution in [1.82, 2.24) is 0 Å². The molecule has 0 rings (SSSR count).